The first kappa shape index (κ1) is 17.4. The molecule has 1 fully saturated rings. The van der Waals surface area contributed by atoms with Crippen molar-refractivity contribution in [3.8, 4) is 0 Å². The lowest BCUT2D eigenvalue weighted by Crippen LogP contribution is -2.44. The largest absolute Gasteiger partial charge is 0.328 e. The predicted octanol–water partition coefficient (Wildman–Crippen LogP) is 2.73. The second kappa shape index (κ2) is 6.30. The van der Waals surface area contributed by atoms with Gasteiger partial charge in [-0.05, 0) is 48.8 Å². The maximum absolute atomic E-state index is 12.8. The number of hydrogen-bond donors (Lipinski definition) is 1. The summed E-state index contributed by atoms with van der Waals surface area (Å²) < 4.78 is 27.2. The molecule has 22 heavy (non-hydrogen) atoms. The van der Waals surface area contributed by atoms with Gasteiger partial charge in [0.05, 0.1) is 4.90 Å². The van der Waals surface area contributed by atoms with E-state index >= 15 is 0 Å². The van der Waals surface area contributed by atoms with Crippen LogP contribution in [-0.2, 0) is 15.4 Å². The van der Waals surface area contributed by atoms with E-state index in [1.54, 1.807) is 16.4 Å². The zero-order valence-electron chi connectivity index (χ0n) is 14.0. The smallest absolute Gasteiger partial charge is 0.243 e. The molecule has 124 valence electrons. The lowest BCUT2D eigenvalue weighted by atomic mass is 9.87. The van der Waals surface area contributed by atoms with Crippen molar-refractivity contribution in [3.63, 3.8) is 0 Å². The van der Waals surface area contributed by atoms with Crippen molar-refractivity contribution in [3.05, 3.63) is 29.8 Å². The minimum Gasteiger partial charge on any atom is -0.328 e. The van der Waals surface area contributed by atoms with Crippen molar-refractivity contribution >= 4 is 10.0 Å². The third kappa shape index (κ3) is 3.70. The van der Waals surface area contributed by atoms with E-state index in [0.29, 0.717) is 18.0 Å². The molecular weight excluding hydrogens is 296 g/mol. The molecule has 4 nitrogen and oxygen atoms in total. The molecule has 1 aromatic carbocycles. The molecule has 0 radical (unpaired) electrons. The van der Waals surface area contributed by atoms with Crippen LogP contribution in [0, 0.1) is 5.92 Å². The summed E-state index contributed by atoms with van der Waals surface area (Å²) in [5, 5.41) is 0. The monoisotopic (exact) mass is 324 g/mol. The van der Waals surface area contributed by atoms with Gasteiger partial charge in [0.15, 0.2) is 0 Å². The Morgan fingerprint density at radius 2 is 1.82 bits per heavy atom. The summed E-state index contributed by atoms with van der Waals surface area (Å²) in [6.45, 7) is 9.43. The quantitative estimate of drug-likeness (QED) is 0.930. The van der Waals surface area contributed by atoms with Gasteiger partial charge in [-0.15, -0.1) is 0 Å². The molecule has 0 aromatic heterocycles. The van der Waals surface area contributed by atoms with E-state index in [0.717, 1.165) is 18.4 Å². The summed E-state index contributed by atoms with van der Waals surface area (Å²) in [4.78, 5) is 0.380. The molecule has 0 saturated carbocycles. The minimum absolute atomic E-state index is 0.0213. The highest BCUT2D eigenvalue weighted by atomic mass is 32.2. The zero-order chi connectivity index (χ0) is 16.5. The van der Waals surface area contributed by atoms with Crippen molar-refractivity contribution in [1.82, 2.24) is 4.31 Å². The second-order valence-electron chi connectivity index (χ2n) is 7.40. The fraction of sp³-hybridized carbons (Fsp3) is 0.647. The molecule has 5 heteroatoms. The molecule has 1 aromatic rings. The van der Waals surface area contributed by atoms with Crippen LogP contribution in [0.4, 0.5) is 0 Å². The van der Waals surface area contributed by atoms with E-state index in [1.807, 2.05) is 19.1 Å². The molecule has 1 aliphatic heterocycles. The van der Waals surface area contributed by atoms with E-state index < -0.39 is 10.0 Å². The van der Waals surface area contributed by atoms with E-state index in [9.17, 15) is 8.42 Å². The van der Waals surface area contributed by atoms with Crippen LogP contribution in [0.3, 0.4) is 0 Å². The van der Waals surface area contributed by atoms with Gasteiger partial charge in [-0.1, -0.05) is 32.9 Å². The van der Waals surface area contributed by atoms with Gasteiger partial charge >= 0.3 is 0 Å². The van der Waals surface area contributed by atoms with Gasteiger partial charge in [-0.25, -0.2) is 8.42 Å². The van der Waals surface area contributed by atoms with Gasteiger partial charge in [0.1, 0.15) is 0 Å². The second-order valence-corrected chi connectivity index (χ2v) is 9.34. The lowest BCUT2D eigenvalue weighted by Gasteiger charge is -2.33. The summed E-state index contributed by atoms with van der Waals surface area (Å²) in [5.74, 6) is 0.248. The van der Waals surface area contributed by atoms with Crippen LogP contribution in [0.15, 0.2) is 29.2 Å². The van der Waals surface area contributed by atoms with E-state index in [4.69, 9.17) is 5.73 Å². The van der Waals surface area contributed by atoms with Gasteiger partial charge < -0.3 is 5.73 Å². The summed E-state index contributed by atoms with van der Waals surface area (Å²) >= 11 is 0. The molecular formula is C17H28N2O2S. The van der Waals surface area contributed by atoms with Crippen LogP contribution in [0.1, 0.15) is 46.1 Å². The Balaban J connectivity index is 2.23. The van der Waals surface area contributed by atoms with Crippen molar-refractivity contribution in [2.75, 3.05) is 13.1 Å². The predicted molar refractivity (Wildman–Crippen MR) is 90.3 cm³/mol. The summed E-state index contributed by atoms with van der Waals surface area (Å²) in [6.07, 6.45) is 1.89. The van der Waals surface area contributed by atoms with Gasteiger partial charge in [0.25, 0.3) is 0 Å². The molecule has 1 saturated heterocycles. The Kier molecular flexibility index (Phi) is 5.00. The molecule has 2 N–H and O–H groups in total. The van der Waals surface area contributed by atoms with Crippen LogP contribution < -0.4 is 5.73 Å². The van der Waals surface area contributed by atoms with E-state index in [2.05, 4.69) is 20.8 Å². The summed E-state index contributed by atoms with van der Waals surface area (Å²) in [5.41, 5.74) is 7.12. The average Bonchev–Trinajstić information content (AvgIpc) is 2.46. The standard InChI is InChI=1S/C17H28N2O2S/c1-13(18)14-6-5-11-19(12-14)22(20,21)16-9-7-15(8-10-16)17(2,3)4/h7-10,13-14H,5-6,11-12,18H2,1-4H3. The first-order valence-corrected chi connectivity index (χ1v) is 9.42. The maximum Gasteiger partial charge on any atom is 0.243 e. The number of sulfonamides is 1. The molecule has 0 aliphatic carbocycles. The normalized spacial score (nSPS) is 22.5. The fourth-order valence-corrected chi connectivity index (χ4v) is 4.43. The topological polar surface area (TPSA) is 63.4 Å². The van der Waals surface area contributed by atoms with Crippen molar-refractivity contribution in [2.24, 2.45) is 11.7 Å². The van der Waals surface area contributed by atoms with Crippen molar-refractivity contribution in [2.45, 2.75) is 56.9 Å². The Morgan fingerprint density at radius 3 is 2.32 bits per heavy atom. The molecule has 2 atom stereocenters. The number of nitrogens with two attached hydrogens (primary N) is 1. The third-order valence-corrected chi connectivity index (χ3v) is 6.40. The Labute approximate surface area is 134 Å². The van der Waals surface area contributed by atoms with Crippen LogP contribution >= 0.6 is 0 Å². The fourth-order valence-electron chi connectivity index (χ4n) is 2.90. The number of nitrogens with zero attached hydrogens (tertiary/aromatic N) is 1. The van der Waals surface area contributed by atoms with Gasteiger partial charge in [0.2, 0.25) is 10.0 Å². The van der Waals surface area contributed by atoms with Crippen LogP contribution in [0.2, 0.25) is 0 Å². The van der Waals surface area contributed by atoms with Gasteiger partial charge in [0, 0.05) is 19.1 Å². The Bertz CT molecular complexity index is 601. The molecule has 0 amide bonds. The molecule has 0 spiro atoms. The van der Waals surface area contributed by atoms with E-state index in [-0.39, 0.29) is 17.4 Å². The maximum atomic E-state index is 12.8. The SMILES string of the molecule is CC(N)C1CCCN(S(=O)(=O)c2ccc(C(C)(C)C)cc2)C1. The Hall–Kier alpha value is -0.910. The zero-order valence-corrected chi connectivity index (χ0v) is 14.9. The Morgan fingerprint density at radius 1 is 1.23 bits per heavy atom. The molecule has 2 unspecified atom stereocenters. The first-order valence-electron chi connectivity index (χ1n) is 7.98. The highest BCUT2D eigenvalue weighted by Gasteiger charge is 2.31. The minimum atomic E-state index is -3.41. The molecule has 2 rings (SSSR count). The summed E-state index contributed by atoms with van der Waals surface area (Å²) in [6, 6.07) is 7.32. The van der Waals surface area contributed by atoms with Crippen molar-refractivity contribution < 1.29 is 8.42 Å². The van der Waals surface area contributed by atoms with Crippen LogP contribution in [0.25, 0.3) is 0 Å². The molecule has 1 heterocycles. The van der Waals surface area contributed by atoms with Crippen LogP contribution in [-0.4, -0.2) is 31.9 Å². The highest BCUT2D eigenvalue weighted by Crippen LogP contribution is 2.27. The number of rotatable bonds is 3. The molecule has 1 aliphatic rings. The highest BCUT2D eigenvalue weighted by molar-refractivity contribution is 7.89. The van der Waals surface area contributed by atoms with Crippen LogP contribution in [0.5, 0.6) is 0 Å². The number of benzene rings is 1. The van der Waals surface area contributed by atoms with Crippen molar-refractivity contribution in [1.29, 1.82) is 0 Å². The van der Waals surface area contributed by atoms with Gasteiger partial charge in [-0.2, -0.15) is 4.31 Å². The number of piperidine rings is 1. The number of hydrogen-bond acceptors (Lipinski definition) is 3. The first-order chi connectivity index (χ1) is 10.1. The summed E-state index contributed by atoms with van der Waals surface area (Å²) in [7, 11) is -3.41. The van der Waals surface area contributed by atoms with Gasteiger partial charge in [-0.3, -0.25) is 0 Å². The van der Waals surface area contributed by atoms with E-state index in [1.165, 1.54) is 0 Å². The molecule has 0 bridgehead atoms. The average molecular weight is 324 g/mol. The lowest BCUT2D eigenvalue weighted by molar-refractivity contribution is 0.243. The third-order valence-electron chi connectivity index (χ3n) is 4.52.